The molecule has 5 fully saturated rings. The van der Waals surface area contributed by atoms with E-state index in [-0.39, 0.29) is 18.0 Å². The number of aromatic nitrogens is 3. The topological polar surface area (TPSA) is 57.0 Å². The summed E-state index contributed by atoms with van der Waals surface area (Å²) in [6, 6.07) is 10.1. The van der Waals surface area contributed by atoms with Gasteiger partial charge in [-0.1, -0.05) is 35.5 Å². The lowest BCUT2D eigenvalue weighted by atomic mass is 9.73. The molecule has 2 aromatic rings. The maximum absolute atomic E-state index is 13.0. The molecule has 5 atom stereocenters. The van der Waals surface area contributed by atoms with Gasteiger partial charge in [-0.15, -0.1) is 5.10 Å². The van der Waals surface area contributed by atoms with Crippen molar-refractivity contribution in [2.45, 2.75) is 64.0 Å². The van der Waals surface area contributed by atoms with Crippen molar-refractivity contribution < 1.29 is 9.53 Å². The molecule has 0 bridgehead atoms. The molecule has 0 N–H and O–H groups in total. The van der Waals surface area contributed by atoms with Crippen LogP contribution in [0.2, 0.25) is 0 Å². The molecule has 4 saturated carbocycles. The van der Waals surface area contributed by atoms with E-state index in [1.807, 2.05) is 41.2 Å². The SMILES string of the molecule is O=C1OC2C(CCC3(CC3)C3CCC4(CC4)C23)C1Cn1cc(-c2ccccc2)nn1. The summed E-state index contributed by atoms with van der Waals surface area (Å²) in [6.45, 7) is 0.594. The number of carbonyl (C=O) groups is 1. The van der Waals surface area contributed by atoms with Gasteiger partial charge in [0.2, 0.25) is 0 Å². The van der Waals surface area contributed by atoms with E-state index in [2.05, 4.69) is 10.3 Å². The first-order chi connectivity index (χ1) is 14.7. The van der Waals surface area contributed by atoms with E-state index in [4.69, 9.17) is 4.74 Å². The molecule has 5 unspecified atom stereocenters. The molecule has 1 aromatic heterocycles. The number of hydrogen-bond acceptors (Lipinski definition) is 4. The van der Waals surface area contributed by atoms with Crippen molar-refractivity contribution >= 4 is 5.97 Å². The number of fused-ring (bicyclic) bond motifs is 5. The second-order valence-corrected chi connectivity index (χ2v) is 10.8. The summed E-state index contributed by atoms with van der Waals surface area (Å²) in [7, 11) is 0. The van der Waals surface area contributed by atoms with Gasteiger partial charge in [0.05, 0.1) is 18.7 Å². The maximum atomic E-state index is 13.0. The third-order valence-electron chi connectivity index (χ3n) is 9.48. The molecule has 5 nitrogen and oxygen atoms in total. The molecule has 0 radical (unpaired) electrons. The molecule has 7 rings (SSSR count). The number of nitrogens with zero attached hydrogens (tertiary/aromatic N) is 3. The Morgan fingerprint density at radius 2 is 1.77 bits per heavy atom. The molecule has 156 valence electrons. The first-order valence-electron chi connectivity index (χ1n) is 11.8. The normalized spacial score (nSPS) is 36.9. The summed E-state index contributed by atoms with van der Waals surface area (Å²) in [5.41, 5.74) is 3.02. The number of ether oxygens (including phenoxy) is 1. The minimum Gasteiger partial charge on any atom is -0.461 e. The van der Waals surface area contributed by atoms with Crippen molar-refractivity contribution in [2.75, 3.05) is 0 Å². The van der Waals surface area contributed by atoms with Gasteiger partial charge in [-0.25, -0.2) is 0 Å². The van der Waals surface area contributed by atoms with E-state index < -0.39 is 0 Å². The highest BCUT2D eigenvalue weighted by Crippen LogP contribution is 2.75. The number of rotatable bonds is 3. The zero-order valence-corrected chi connectivity index (χ0v) is 17.4. The van der Waals surface area contributed by atoms with Crippen molar-refractivity contribution in [3.05, 3.63) is 36.5 Å². The van der Waals surface area contributed by atoms with Gasteiger partial charge in [-0.05, 0) is 68.1 Å². The van der Waals surface area contributed by atoms with Crippen LogP contribution in [-0.4, -0.2) is 27.1 Å². The lowest BCUT2D eigenvalue weighted by Gasteiger charge is -2.33. The van der Waals surface area contributed by atoms with Gasteiger partial charge in [0, 0.05) is 17.4 Å². The van der Waals surface area contributed by atoms with Gasteiger partial charge < -0.3 is 4.74 Å². The van der Waals surface area contributed by atoms with Crippen molar-refractivity contribution in [1.82, 2.24) is 15.0 Å². The summed E-state index contributed by atoms with van der Waals surface area (Å²) in [5, 5.41) is 8.72. The minimum atomic E-state index is -0.0775. The van der Waals surface area contributed by atoms with Crippen LogP contribution in [0.5, 0.6) is 0 Å². The van der Waals surface area contributed by atoms with Crippen LogP contribution in [0.15, 0.2) is 36.5 Å². The average Bonchev–Trinajstić information content (AvgIpc) is 3.60. The fraction of sp³-hybridized carbons (Fsp3) is 0.640. The van der Waals surface area contributed by atoms with Gasteiger partial charge >= 0.3 is 5.97 Å². The van der Waals surface area contributed by atoms with E-state index >= 15 is 0 Å². The summed E-state index contributed by atoms with van der Waals surface area (Å²) in [6.07, 6.45) is 12.9. The predicted molar refractivity (Wildman–Crippen MR) is 111 cm³/mol. The minimum absolute atomic E-state index is 0.00922. The summed E-state index contributed by atoms with van der Waals surface area (Å²) in [5.74, 6) is 1.71. The third kappa shape index (κ3) is 2.44. The maximum Gasteiger partial charge on any atom is 0.311 e. The largest absolute Gasteiger partial charge is 0.461 e. The zero-order valence-electron chi connectivity index (χ0n) is 17.4. The van der Waals surface area contributed by atoms with Crippen LogP contribution in [0, 0.1) is 34.5 Å². The second-order valence-electron chi connectivity index (χ2n) is 10.8. The van der Waals surface area contributed by atoms with E-state index in [9.17, 15) is 4.79 Å². The number of carbonyl (C=O) groups excluding carboxylic acids is 1. The van der Waals surface area contributed by atoms with Crippen molar-refractivity contribution in [1.29, 1.82) is 0 Å². The first kappa shape index (κ1) is 17.5. The van der Waals surface area contributed by atoms with Crippen molar-refractivity contribution in [3.8, 4) is 11.3 Å². The summed E-state index contributed by atoms with van der Waals surface area (Å²) < 4.78 is 8.10. The predicted octanol–water partition coefficient (Wildman–Crippen LogP) is 4.48. The monoisotopic (exact) mass is 403 g/mol. The zero-order chi connectivity index (χ0) is 19.9. The van der Waals surface area contributed by atoms with Gasteiger partial charge in [-0.3, -0.25) is 9.48 Å². The van der Waals surface area contributed by atoms with E-state index in [0.29, 0.717) is 29.2 Å². The first-order valence-corrected chi connectivity index (χ1v) is 11.8. The number of benzene rings is 1. The molecular formula is C25H29N3O2. The van der Waals surface area contributed by atoms with Crippen LogP contribution in [0.4, 0.5) is 0 Å². The van der Waals surface area contributed by atoms with E-state index in [1.54, 1.807) is 0 Å². The molecule has 5 aliphatic rings. The summed E-state index contributed by atoms with van der Waals surface area (Å²) >= 11 is 0. The van der Waals surface area contributed by atoms with Crippen LogP contribution < -0.4 is 0 Å². The van der Waals surface area contributed by atoms with Crippen molar-refractivity contribution in [3.63, 3.8) is 0 Å². The highest BCUT2D eigenvalue weighted by molar-refractivity contribution is 5.75. The molecule has 0 amide bonds. The number of hydrogen-bond donors (Lipinski definition) is 0. The second kappa shape index (κ2) is 5.95. The van der Waals surface area contributed by atoms with Crippen molar-refractivity contribution in [2.24, 2.45) is 34.5 Å². The van der Waals surface area contributed by atoms with Crippen LogP contribution >= 0.6 is 0 Å². The van der Waals surface area contributed by atoms with Crippen LogP contribution in [0.3, 0.4) is 0 Å². The average molecular weight is 404 g/mol. The van der Waals surface area contributed by atoms with Gasteiger partial charge in [0.15, 0.2) is 0 Å². The van der Waals surface area contributed by atoms with Gasteiger partial charge in [-0.2, -0.15) is 0 Å². The Bertz CT molecular complexity index is 991. The Hall–Kier alpha value is -2.17. The molecule has 1 aliphatic heterocycles. The Balaban J connectivity index is 1.17. The van der Waals surface area contributed by atoms with Gasteiger partial charge in [0.1, 0.15) is 11.8 Å². The highest BCUT2D eigenvalue weighted by atomic mass is 16.6. The molecule has 2 heterocycles. The number of esters is 1. The quantitative estimate of drug-likeness (QED) is 0.709. The molecule has 1 saturated heterocycles. The van der Waals surface area contributed by atoms with E-state index in [1.165, 1.54) is 44.9 Å². The molecule has 4 aliphatic carbocycles. The van der Waals surface area contributed by atoms with E-state index in [0.717, 1.165) is 23.6 Å². The lowest BCUT2D eigenvalue weighted by molar-refractivity contribution is -0.147. The Morgan fingerprint density at radius 1 is 1.00 bits per heavy atom. The lowest BCUT2D eigenvalue weighted by Crippen LogP contribution is -2.35. The Morgan fingerprint density at radius 3 is 2.53 bits per heavy atom. The molecule has 2 spiro atoms. The smallest absolute Gasteiger partial charge is 0.311 e. The molecule has 5 heteroatoms. The third-order valence-corrected chi connectivity index (χ3v) is 9.48. The molecule has 1 aromatic carbocycles. The summed E-state index contributed by atoms with van der Waals surface area (Å²) in [4.78, 5) is 13.0. The van der Waals surface area contributed by atoms with Crippen LogP contribution in [0.25, 0.3) is 11.3 Å². The Kier molecular flexibility index (Phi) is 3.47. The van der Waals surface area contributed by atoms with Gasteiger partial charge in [0.25, 0.3) is 0 Å². The molecular weight excluding hydrogens is 374 g/mol. The fourth-order valence-corrected chi connectivity index (χ4v) is 7.60. The van der Waals surface area contributed by atoms with Crippen LogP contribution in [-0.2, 0) is 16.1 Å². The standard InChI is InChI=1S/C25H29N3O2/c29-23-18(14-28-15-20(26-27-28)16-4-2-1-3-5-16)17-6-8-24(10-11-24)19-7-9-25(12-13-25)21(19)22(17)30-23/h1-5,15,17-19,21-22H,6-14H2. The van der Waals surface area contributed by atoms with Crippen LogP contribution in [0.1, 0.15) is 51.4 Å². The Labute approximate surface area is 177 Å². The molecule has 30 heavy (non-hydrogen) atoms. The highest BCUT2D eigenvalue weighted by Gasteiger charge is 2.69. The fourth-order valence-electron chi connectivity index (χ4n) is 7.60.